The SMILES string of the molecule is OC1(Cn2ccnc2)CCN(c2nccc(-c3cccnc3)n2)CC1. The monoisotopic (exact) mass is 336 g/mol. The molecule has 128 valence electrons. The molecule has 7 nitrogen and oxygen atoms in total. The van der Waals surface area contributed by atoms with Crippen LogP contribution in [-0.2, 0) is 6.54 Å². The van der Waals surface area contributed by atoms with E-state index in [-0.39, 0.29) is 0 Å². The summed E-state index contributed by atoms with van der Waals surface area (Å²) in [5, 5.41) is 10.8. The number of anilines is 1. The maximum Gasteiger partial charge on any atom is 0.225 e. The average molecular weight is 336 g/mol. The summed E-state index contributed by atoms with van der Waals surface area (Å²) < 4.78 is 1.93. The maximum absolute atomic E-state index is 10.8. The van der Waals surface area contributed by atoms with Crippen molar-refractivity contribution in [2.75, 3.05) is 18.0 Å². The van der Waals surface area contributed by atoms with Crippen LogP contribution >= 0.6 is 0 Å². The van der Waals surface area contributed by atoms with E-state index in [4.69, 9.17) is 0 Å². The fourth-order valence-corrected chi connectivity index (χ4v) is 3.18. The van der Waals surface area contributed by atoms with Crippen LogP contribution in [0.1, 0.15) is 12.8 Å². The highest BCUT2D eigenvalue weighted by atomic mass is 16.3. The molecule has 0 amide bonds. The second kappa shape index (κ2) is 6.60. The van der Waals surface area contributed by atoms with E-state index in [1.807, 2.05) is 29.0 Å². The highest BCUT2D eigenvalue weighted by Crippen LogP contribution is 2.27. The third-order valence-electron chi connectivity index (χ3n) is 4.61. The van der Waals surface area contributed by atoms with E-state index in [0.717, 1.165) is 24.3 Å². The third-order valence-corrected chi connectivity index (χ3v) is 4.61. The van der Waals surface area contributed by atoms with Crippen LogP contribution in [0.3, 0.4) is 0 Å². The molecule has 0 aliphatic carbocycles. The second-order valence-electron chi connectivity index (χ2n) is 6.43. The molecule has 4 rings (SSSR count). The Morgan fingerprint density at radius 2 is 1.96 bits per heavy atom. The van der Waals surface area contributed by atoms with Crippen molar-refractivity contribution in [3.8, 4) is 11.3 Å². The summed E-state index contributed by atoms with van der Waals surface area (Å²) in [6, 6.07) is 5.77. The number of imidazole rings is 1. The molecule has 1 aliphatic rings. The molecule has 0 saturated carbocycles. The van der Waals surface area contributed by atoms with Crippen molar-refractivity contribution in [3.63, 3.8) is 0 Å². The lowest BCUT2D eigenvalue weighted by atomic mass is 9.91. The number of aliphatic hydroxyl groups is 1. The smallest absolute Gasteiger partial charge is 0.225 e. The standard InChI is InChI=1S/C18H20N6O/c25-18(13-23-11-8-20-14-23)4-9-24(10-5-18)17-21-7-3-16(22-17)15-2-1-6-19-12-15/h1-3,6-8,11-12,14,25H,4-5,9-10,13H2. The molecule has 1 fully saturated rings. The van der Waals surface area contributed by atoms with Gasteiger partial charge in [-0.2, -0.15) is 0 Å². The molecule has 7 heteroatoms. The molecular formula is C18H20N6O. The minimum absolute atomic E-state index is 0.567. The molecule has 3 aromatic rings. The van der Waals surface area contributed by atoms with E-state index in [1.54, 1.807) is 31.1 Å². The minimum Gasteiger partial charge on any atom is -0.388 e. The summed E-state index contributed by atoms with van der Waals surface area (Å²) in [4.78, 5) is 19.4. The first kappa shape index (κ1) is 15.7. The van der Waals surface area contributed by atoms with Gasteiger partial charge in [-0.3, -0.25) is 4.98 Å². The van der Waals surface area contributed by atoms with Gasteiger partial charge in [0.2, 0.25) is 5.95 Å². The van der Waals surface area contributed by atoms with Gasteiger partial charge in [0.15, 0.2) is 0 Å². The minimum atomic E-state index is -0.710. The lowest BCUT2D eigenvalue weighted by molar-refractivity contribution is -0.000289. The number of hydrogen-bond acceptors (Lipinski definition) is 6. The van der Waals surface area contributed by atoms with Crippen LogP contribution in [0.2, 0.25) is 0 Å². The van der Waals surface area contributed by atoms with E-state index >= 15 is 0 Å². The first-order chi connectivity index (χ1) is 12.2. The Morgan fingerprint density at radius 3 is 2.68 bits per heavy atom. The van der Waals surface area contributed by atoms with Crippen LogP contribution in [0.5, 0.6) is 0 Å². The van der Waals surface area contributed by atoms with Crippen molar-refractivity contribution in [3.05, 3.63) is 55.5 Å². The van der Waals surface area contributed by atoms with Crippen LogP contribution in [0.25, 0.3) is 11.3 Å². The number of pyridine rings is 1. The van der Waals surface area contributed by atoms with Crippen molar-refractivity contribution in [1.29, 1.82) is 0 Å². The van der Waals surface area contributed by atoms with Gasteiger partial charge < -0.3 is 14.6 Å². The van der Waals surface area contributed by atoms with E-state index in [2.05, 4.69) is 24.8 Å². The third kappa shape index (κ3) is 3.51. The largest absolute Gasteiger partial charge is 0.388 e. The van der Waals surface area contributed by atoms with Gasteiger partial charge in [-0.25, -0.2) is 15.0 Å². The van der Waals surface area contributed by atoms with E-state index < -0.39 is 5.60 Å². The summed E-state index contributed by atoms with van der Waals surface area (Å²) >= 11 is 0. The van der Waals surface area contributed by atoms with Crippen LogP contribution < -0.4 is 4.90 Å². The van der Waals surface area contributed by atoms with Crippen molar-refractivity contribution in [2.45, 2.75) is 25.0 Å². The molecule has 0 atom stereocenters. The number of piperidine rings is 1. The predicted molar refractivity (Wildman–Crippen MR) is 93.9 cm³/mol. The Bertz CT molecular complexity index is 813. The lowest BCUT2D eigenvalue weighted by Crippen LogP contribution is -2.47. The van der Waals surface area contributed by atoms with Gasteiger partial charge in [-0.05, 0) is 31.0 Å². The topological polar surface area (TPSA) is 80.0 Å². The van der Waals surface area contributed by atoms with E-state index in [0.29, 0.717) is 25.3 Å². The van der Waals surface area contributed by atoms with Gasteiger partial charge in [0.05, 0.1) is 24.2 Å². The van der Waals surface area contributed by atoms with Gasteiger partial charge in [0, 0.05) is 49.6 Å². The Balaban J connectivity index is 1.46. The predicted octanol–water partition coefficient (Wildman–Crippen LogP) is 1.77. The molecule has 0 unspecified atom stereocenters. The highest BCUT2D eigenvalue weighted by Gasteiger charge is 2.33. The number of rotatable bonds is 4. The summed E-state index contributed by atoms with van der Waals surface area (Å²) in [5.74, 6) is 0.700. The number of nitrogens with zero attached hydrogens (tertiary/aromatic N) is 6. The van der Waals surface area contributed by atoms with Gasteiger partial charge in [-0.15, -0.1) is 0 Å². The fraction of sp³-hybridized carbons (Fsp3) is 0.333. The summed E-state index contributed by atoms with van der Waals surface area (Å²) in [6.07, 6.45) is 12.0. The van der Waals surface area contributed by atoms with Gasteiger partial charge in [-0.1, -0.05) is 0 Å². The zero-order valence-corrected chi connectivity index (χ0v) is 13.9. The molecular weight excluding hydrogens is 316 g/mol. The lowest BCUT2D eigenvalue weighted by Gasteiger charge is -2.38. The second-order valence-corrected chi connectivity index (χ2v) is 6.43. The first-order valence-corrected chi connectivity index (χ1v) is 8.38. The first-order valence-electron chi connectivity index (χ1n) is 8.38. The number of hydrogen-bond donors (Lipinski definition) is 1. The zero-order valence-electron chi connectivity index (χ0n) is 13.9. The Labute approximate surface area is 146 Å². The summed E-state index contributed by atoms with van der Waals surface area (Å²) in [5.41, 5.74) is 1.12. The molecule has 4 heterocycles. The molecule has 25 heavy (non-hydrogen) atoms. The maximum atomic E-state index is 10.8. The van der Waals surface area contributed by atoms with Crippen molar-refractivity contribution >= 4 is 5.95 Å². The van der Waals surface area contributed by atoms with E-state index in [9.17, 15) is 5.11 Å². The molecule has 1 saturated heterocycles. The van der Waals surface area contributed by atoms with Crippen LogP contribution in [0, 0.1) is 0 Å². The Hall–Kier alpha value is -2.80. The quantitative estimate of drug-likeness (QED) is 0.782. The molecule has 0 bridgehead atoms. The molecule has 0 spiro atoms. The molecule has 1 N–H and O–H groups in total. The van der Waals surface area contributed by atoms with Gasteiger partial charge in [0.25, 0.3) is 0 Å². The average Bonchev–Trinajstić information content (AvgIpc) is 3.16. The summed E-state index contributed by atoms with van der Waals surface area (Å²) in [7, 11) is 0. The fourth-order valence-electron chi connectivity index (χ4n) is 3.18. The van der Waals surface area contributed by atoms with Gasteiger partial charge >= 0.3 is 0 Å². The molecule has 0 radical (unpaired) electrons. The van der Waals surface area contributed by atoms with E-state index in [1.165, 1.54) is 0 Å². The molecule has 3 aromatic heterocycles. The Kier molecular flexibility index (Phi) is 4.15. The normalized spacial score (nSPS) is 16.8. The summed E-state index contributed by atoms with van der Waals surface area (Å²) in [6.45, 7) is 2.01. The van der Waals surface area contributed by atoms with Gasteiger partial charge in [0.1, 0.15) is 0 Å². The highest BCUT2D eigenvalue weighted by molar-refractivity contribution is 5.58. The van der Waals surface area contributed by atoms with Crippen molar-refractivity contribution in [2.24, 2.45) is 0 Å². The zero-order chi connectivity index (χ0) is 17.1. The van der Waals surface area contributed by atoms with Crippen LogP contribution in [0.15, 0.2) is 55.5 Å². The van der Waals surface area contributed by atoms with Crippen molar-refractivity contribution in [1.82, 2.24) is 24.5 Å². The van der Waals surface area contributed by atoms with Crippen LogP contribution in [0.4, 0.5) is 5.95 Å². The number of aromatic nitrogens is 5. The molecule has 0 aromatic carbocycles. The molecule has 1 aliphatic heterocycles. The Morgan fingerprint density at radius 1 is 1.08 bits per heavy atom. The van der Waals surface area contributed by atoms with Crippen LogP contribution in [-0.4, -0.2) is 48.3 Å². The van der Waals surface area contributed by atoms with Crippen molar-refractivity contribution < 1.29 is 5.11 Å².